The largest absolute Gasteiger partial charge is 1.00 e. The summed E-state index contributed by atoms with van der Waals surface area (Å²) < 4.78 is 6.36. The van der Waals surface area contributed by atoms with Gasteiger partial charge >= 0.3 is 73.1 Å². The monoisotopic (exact) mass is 546 g/mol. The smallest absolute Gasteiger partial charge is 0.794 e. The van der Waals surface area contributed by atoms with E-state index in [0.29, 0.717) is 0 Å². The Morgan fingerprint density at radius 1 is 0.379 bits per heavy atom. The molecule has 0 saturated heterocycles. The van der Waals surface area contributed by atoms with Gasteiger partial charge in [0.2, 0.25) is 0 Å². The zero-order valence-electron chi connectivity index (χ0n) is 13.7. The summed E-state index contributed by atoms with van der Waals surface area (Å²) in [7, 11) is -29.5. The average molecular weight is 547 g/mol. The summed E-state index contributed by atoms with van der Waals surface area (Å²) in [5.41, 5.74) is 0. The first kappa shape index (κ1) is 40.4. The van der Waals surface area contributed by atoms with Crippen molar-refractivity contribution in [3.8, 4) is 0 Å². The number of rotatable bonds is 4. The standard InChI is InChI=1S/Li.H6O7Si2.H5O7Si2.2H4O4Si/c;2*1-8(2,3)7-9(4,5)6;2*1-5(2,3)4/h;1-6H;1-5H;2*1-4H/q+1;;-1;;. The minimum absolute atomic E-state index is 0. The van der Waals surface area contributed by atoms with Crippen molar-refractivity contribution in [2.24, 2.45) is 0 Å². The normalized spacial score (nSPS) is 12.8. The van der Waals surface area contributed by atoms with Crippen LogP contribution in [-0.2, 0) is 8.23 Å². The Hall–Kier alpha value is 1.02. The summed E-state index contributed by atoms with van der Waals surface area (Å²) in [5.74, 6) is 0. The van der Waals surface area contributed by atoms with Crippen molar-refractivity contribution in [2.75, 3.05) is 0 Å². The first-order valence-corrected chi connectivity index (χ1v) is 15.8. The van der Waals surface area contributed by atoms with E-state index < -0.39 is 54.3 Å². The maximum atomic E-state index is 9.70. The van der Waals surface area contributed by atoms with Crippen LogP contribution in [0.1, 0.15) is 0 Å². The van der Waals surface area contributed by atoms with Crippen molar-refractivity contribution >= 4 is 54.3 Å². The molecule has 0 aliphatic heterocycles. The second-order valence-corrected chi connectivity index (χ2v) is 12.2. The van der Waals surface area contributed by atoms with Crippen LogP contribution in [0.15, 0.2) is 0 Å². The fourth-order valence-electron chi connectivity index (χ4n) is 0.362. The SMILES string of the molecule is O[Si](O)(O)O.O[Si](O)(O)O.O[Si](O)(O)O[Si](O)(O)O.[Li+].[O-][Si](O)(O)O[Si](O)(O)O. The van der Waals surface area contributed by atoms with Crippen LogP contribution in [0, 0.1) is 0 Å². The first-order valence-electron chi connectivity index (χ1n) is 5.27. The number of hydrogen-bond acceptors (Lipinski definition) is 22. The molecule has 0 radical (unpaired) electrons. The van der Waals surface area contributed by atoms with Crippen LogP contribution in [-0.4, -0.2) is 145 Å². The molecule has 0 fully saturated rings. The molecule has 176 valence electrons. The molecule has 29 heteroatoms. The third kappa shape index (κ3) is 125. The van der Waals surface area contributed by atoms with E-state index in [0.717, 1.165) is 0 Å². The van der Waals surface area contributed by atoms with Gasteiger partial charge < -0.3 is 104 Å². The molecule has 0 atom stereocenters. The van der Waals surface area contributed by atoms with E-state index in [9.17, 15) is 4.80 Å². The van der Waals surface area contributed by atoms with Crippen molar-refractivity contribution in [1.82, 2.24) is 0 Å². The van der Waals surface area contributed by atoms with E-state index in [2.05, 4.69) is 8.23 Å². The second-order valence-electron chi connectivity index (χ2n) is 3.67. The van der Waals surface area contributed by atoms with Gasteiger partial charge in [-0.15, -0.1) is 0 Å². The molecule has 0 saturated carbocycles. The molecule has 22 nitrogen and oxygen atoms in total. The van der Waals surface area contributed by atoms with Gasteiger partial charge in [0.1, 0.15) is 0 Å². The van der Waals surface area contributed by atoms with Crippen LogP contribution in [0.5, 0.6) is 0 Å². The summed E-state index contributed by atoms with van der Waals surface area (Å²) in [4.78, 5) is 155. The predicted molar refractivity (Wildman–Crippen MR) is 78.9 cm³/mol. The average Bonchev–Trinajstić information content (AvgIpc) is 1.95. The van der Waals surface area contributed by atoms with Gasteiger partial charge in [0.05, 0.1) is 0 Å². The summed E-state index contributed by atoms with van der Waals surface area (Å²) in [5, 5.41) is 0. The van der Waals surface area contributed by atoms with E-state index in [-0.39, 0.29) is 18.9 Å². The maximum Gasteiger partial charge on any atom is 1.00 e. The fourth-order valence-corrected chi connectivity index (χ4v) is 3.26. The molecule has 19 N–H and O–H groups in total. The van der Waals surface area contributed by atoms with Gasteiger partial charge in [0.25, 0.3) is 0 Å². The Morgan fingerprint density at radius 2 is 0.517 bits per heavy atom. The van der Waals surface area contributed by atoms with Crippen molar-refractivity contribution < 1.29 is 123 Å². The van der Waals surface area contributed by atoms with Crippen molar-refractivity contribution in [3.05, 3.63) is 0 Å². The fraction of sp³-hybridized carbons (Fsp3) is 0. The molecule has 0 aliphatic rings. The van der Waals surface area contributed by atoms with Crippen molar-refractivity contribution in [1.29, 1.82) is 0 Å². The van der Waals surface area contributed by atoms with E-state index in [4.69, 9.17) is 91.1 Å². The molecule has 0 rings (SSSR count). The number of hydrogen-bond donors (Lipinski definition) is 19. The zero-order chi connectivity index (χ0) is 24.4. The summed E-state index contributed by atoms with van der Waals surface area (Å²) >= 11 is 0. The van der Waals surface area contributed by atoms with Crippen LogP contribution in [0.4, 0.5) is 0 Å². The summed E-state index contributed by atoms with van der Waals surface area (Å²) in [6, 6.07) is 0. The maximum absolute atomic E-state index is 9.70. The zero-order valence-corrected chi connectivity index (χ0v) is 19.7. The van der Waals surface area contributed by atoms with Gasteiger partial charge in [-0.1, -0.05) is 0 Å². The van der Waals surface area contributed by atoms with Gasteiger partial charge in [-0.2, -0.15) is 0 Å². The van der Waals surface area contributed by atoms with Crippen LogP contribution in [0.25, 0.3) is 0 Å². The molecule has 0 aromatic carbocycles. The third-order valence-electron chi connectivity index (χ3n) is 0.544. The van der Waals surface area contributed by atoms with E-state index in [1.54, 1.807) is 0 Å². The Bertz CT molecular complexity index is 295. The van der Waals surface area contributed by atoms with Gasteiger partial charge in [0, 0.05) is 0 Å². The summed E-state index contributed by atoms with van der Waals surface area (Å²) in [6.07, 6.45) is 0. The molecular formula is H19LiO22Si6. The van der Waals surface area contributed by atoms with E-state index in [1.165, 1.54) is 0 Å². The van der Waals surface area contributed by atoms with Crippen LogP contribution in [0.3, 0.4) is 0 Å². The second kappa shape index (κ2) is 15.0. The molecule has 0 aromatic heterocycles. The molecule has 0 amide bonds. The topological polar surface area (TPSA) is 426 Å². The van der Waals surface area contributed by atoms with Crippen LogP contribution < -0.4 is 23.7 Å². The molecule has 0 heterocycles. The molecule has 0 aliphatic carbocycles. The van der Waals surface area contributed by atoms with Crippen molar-refractivity contribution in [2.45, 2.75) is 0 Å². The molecule has 0 bridgehead atoms. The Labute approximate surface area is 177 Å². The molecular weight excluding hydrogens is 527 g/mol. The van der Waals surface area contributed by atoms with Gasteiger partial charge in [-0.3, -0.25) is 0 Å². The molecule has 0 spiro atoms. The Morgan fingerprint density at radius 3 is 0.517 bits per heavy atom. The van der Waals surface area contributed by atoms with Crippen molar-refractivity contribution in [3.63, 3.8) is 0 Å². The third-order valence-corrected chi connectivity index (χ3v) is 4.89. The predicted octanol–water partition coefficient (Wildman–Crippen LogP) is -17.2. The quantitative estimate of drug-likeness (QED) is 0.145. The minimum atomic E-state index is -5.23. The van der Waals surface area contributed by atoms with Gasteiger partial charge in [-0.25, -0.2) is 0 Å². The van der Waals surface area contributed by atoms with Gasteiger partial charge in [0.15, 0.2) is 0 Å². The van der Waals surface area contributed by atoms with E-state index >= 15 is 0 Å². The molecule has 29 heavy (non-hydrogen) atoms. The van der Waals surface area contributed by atoms with Crippen LogP contribution in [0.2, 0.25) is 0 Å². The Balaban J connectivity index is -0.0000000907. The summed E-state index contributed by atoms with van der Waals surface area (Å²) in [6.45, 7) is 0. The molecule has 0 aromatic rings. The first-order chi connectivity index (χ1) is 11.4. The van der Waals surface area contributed by atoms with Crippen LogP contribution >= 0.6 is 0 Å². The minimum Gasteiger partial charge on any atom is -0.794 e. The van der Waals surface area contributed by atoms with E-state index in [1.807, 2.05) is 0 Å². The Kier molecular flexibility index (Phi) is 20.8. The molecule has 0 unspecified atom stereocenters. The van der Waals surface area contributed by atoms with Gasteiger partial charge in [-0.05, 0) is 0 Å².